The number of H-pyrrole nitrogens is 1. The van der Waals surface area contributed by atoms with E-state index in [1.54, 1.807) is 0 Å². The van der Waals surface area contributed by atoms with Crippen LogP contribution in [0.1, 0.15) is 6.23 Å². The van der Waals surface area contributed by atoms with Gasteiger partial charge in [-0.05, 0) is 0 Å². The predicted octanol–water partition coefficient (Wildman–Crippen LogP) is -1.80. The molecule has 1 aromatic heterocycles. The summed E-state index contributed by atoms with van der Waals surface area (Å²) in [5.41, 5.74) is -1.61. The first kappa shape index (κ1) is 23.8. The molecule has 2 rings (SSSR count). The van der Waals surface area contributed by atoms with Gasteiger partial charge in [0.1, 0.15) is 18.3 Å². The van der Waals surface area contributed by atoms with Crippen molar-refractivity contribution in [1.82, 2.24) is 15.7 Å². The Bertz CT molecular complexity index is 854. The zero-order chi connectivity index (χ0) is 19.7. The Morgan fingerprint density at radius 2 is 1.85 bits per heavy atom. The number of hydrogen-bond donors (Lipinski definition) is 6. The standard InChI is InChI=1S/C10H16N2O12P2.H3N/c1-21-25(17,18)24-26(19,20)22-4-5-7(14)8(15)9(23-5)12-3-2-6(13)11-10(12)16;/h2-3,5,7-9,14-15H,4H2,1H3,(H,17,18)(H,19,20)(H,11,13,16);1H3/t5-,7-,8-,9-;/m1./s1. The smallest absolute Gasteiger partial charge is 0.387 e. The number of rotatable bonds is 7. The molecule has 0 aromatic carbocycles. The summed E-state index contributed by atoms with van der Waals surface area (Å²) in [6.07, 6.45) is -5.11. The molecule has 8 N–H and O–H groups in total. The van der Waals surface area contributed by atoms with Gasteiger partial charge in [0.05, 0.1) is 6.61 Å². The van der Waals surface area contributed by atoms with Crippen molar-refractivity contribution >= 4 is 15.6 Å². The van der Waals surface area contributed by atoms with Crippen LogP contribution in [0.4, 0.5) is 0 Å². The van der Waals surface area contributed by atoms with Crippen LogP contribution < -0.4 is 17.4 Å². The van der Waals surface area contributed by atoms with Crippen molar-refractivity contribution in [3.63, 3.8) is 0 Å². The Labute approximate surface area is 150 Å². The second-order valence-electron chi connectivity index (χ2n) is 5.06. The van der Waals surface area contributed by atoms with E-state index in [9.17, 15) is 33.8 Å². The largest absolute Gasteiger partial charge is 0.481 e. The molecule has 1 fully saturated rings. The molecule has 1 aromatic rings. The summed E-state index contributed by atoms with van der Waals surface area (Å²) in [5.74, 6) is 0. The highest BCUT2D eigenvalue weighted by Gasteiger charge is 2.45. The van der Waals surface area contributed by atoms with Gasteiger partial charge < -0.3 is 30.9 Å². The van der Waals surface area contributed by atoms with Gasteiger partial charge in [0.25, 0.3) is 5.56 Å². The van der Waals surface area contributed by atoms with Crippen molar-refractivity contribution in [2.45, 2.75) is 24.5 Å². The molecule has 1 aliphatic rings. The van der Waals surface area contributed by atoms with E-state index in [4.69, 9.17) is 9.63 Å². The van der Waals surface area contributed by atoms with Crippen LogP contribution in [0.25, 0.3) is 0 Å². The summed E-state index contributed by atoms with van der Waals surface area (Å²) in [7, 11) is -9.13. The molecule has 6 atom stereocenters. The molecule has 0 amide bonds. The molecule has 27 heavy (non-hydrogen) atoms. The molecule has 156 valence electrons. The summed E-state index contributed by atoms with van der Waals surface area (Å²) in [5, 5.41) is 19.9. The Morgan fingerprint density at radius 1 is 1.22 bits per heavy atom. The molecular weight excluding hydrogens is 416 g/mol. The quantitative estimate of drug-likeness (QED) is 0.259. The molecule has 2 unspecified atom stereocenters. The Balaban J connectivity index is 0.00000364. The molecule has 2 heterocycles. The van der Waals surface area contributed by atoms with Crippen molar-refractivity contribution in [2.75, 3.05) is 13.7 Å². The van der Waals surface area contributed by atoms with Crippen LogP contribution in [0, 0.1) is 0 Å². The lowest BCUT2D eigenvalue weighted by molar-refractivity contribution is -0.0542. The first-order valence-corrected chi connectivity index (χ1v) is 9.85. The molecule has 1 aliphatic heterocycles. The maximum atomic E-state index is 11.7. The van der Waals surface area contributed by atoms with Crippen molar-refractivity contribution in [3.8, 4) is 0 Å². The molecule has 1 saturated heterocycles. The van der Waals surface area contributed by atoms with Crippen LogP contribution in [0.2, 0.25) is 0 Å². The molecule has 0 radical (unpaired) electrons. The average molecular weight is 435 g/mol. The number of phosphoric ester groups is 2. The fraction of sp³-hybridized carbons (Fsp3) is 0.600. The van der Waals surface area contributed by atoms with Crippen LogP contribution in [-0.2, 0) is 27.2 Å². The van der Waals surface area contributed by atoms with E-state index in [0.29, 0.717) is 0 Å². The number of ether oxygens (including phenoxy) is 1. The van der Waals surface area contributed by atoms with Crippen LogP contribution in [0.15, 0.2) is 21.9 Å². The van der Waals surface area contributed by atoms with E-state index >= 15 is 0 Å². The third-order valence-electron chi connectivity index (χ3n) is 3.30. The maximum Gasteiger partial charge on any atom is 0.481 e. The van der Waals surface area contributed by atoms with E-state index in [1.165, 1.54) is 0 Å². The fourth-order valence-corrected chi connectivity index (χ4v) is 3.91. The normalized spacial score (nSPS) is 29.5. The zero-order valence-electron chi connectivity index (χ0n) is 13.8. The van der Waals surface area contributed by atoms with Crippen LogP contribution in [-0.4, -0.2) is 61.6 Å². The first-order chi connectivity index (χ1) is 12.0. The fourth-order valence-electron chi connectivity index (χ4n) is 2.08. The van der Waals surface area contributed by atoms with Gasteiger partial charge in [0, 0.05) is 19.4 Å². The van der Waals surface area contributed by atoms with E-state index in [-0.39, 0.29) is 6.15 Å². The van der Waals surface area contributed by atoms with Gasteiger partial charge in [0.2, 0.25) is 0 Å². The van der Waals surface area contributed by atoms with Crippen LogP contribution in [0.3, 0.4) is 0 Å². The number of aliphatic hydroxyl groups is 2. The molecule has 15 nitrogen and oxygen atoms in total. The molecule has 0 aliphatic carbocycles. The SMILES string of the molecule is COP(=O)(O)OP(=O)(O)OC[C@H]1O[C@@H](n2ccc(=O)[nH]c2=O)[C@H](O)[C@@H]1O.N. The number of nitrogens with zero attached hydrogens (tertiary/aromatic N) is 1. The van der Waals surface area contributed by atoms with Crippen molar-refractivity contribution in [1.29, 1.82) is 0 Å². The summed E-state index contributed by atoms with van der Waals surface area (Å²) in [6, 6.07) is 0.979. The third kappa shape index (κ3) is 5.88. The van der Waals surface area contributed by atoms with Gasteiger partial charge in [-0.1, -0.05) is 0 Å². The third-order valence-corrected chi connectivity index (χ3v) is 5.89. The number of aromatic amines is 1. The Hall–Kier alpha value is -1.22. The minimum absolute atomic E-state index is 0. The minimum Gasteiger partial charge on any atom is -0.387 e. The monoisotopic (exact) mass is 435 g/mol. The van der Waals surface area contributed by atoms with Gasteiger partial charge in [-0.3, -0.25) is 23.4 Å². The average Bonchev–Trinajstić information content (AvgIpc) is 2.80. The predicted molar refractivity (Wildman–Crippen MR) is 86.0 cm³/mol. The summed E-state index contributed by atoms with van der Waals surface area (Å²) >= 11 is 0. The minimum atomic E-state index is -5.06. The number of phosphoric acid groups is 2. The highest BCUT2D eigenvalue weighted by molar-refractivity contribution is 7.61. The summed E-state index contributed by atoms with van der Waals surface area (Å²) in [6.45, 7) is -0.843. The van der Waals surface area contributed by atoms with Gasteiger partial charge in [-0.15, -0.1) is 0 Å². The molecule has 0 bridgehead atoms. The van der Waals surface area contributed by atoms with E-state index in [2.05, 4.69) is 13.4 Å². The molecule has 0 spiro atoms. The highest BCUT2D eigenvalue weighted by atomic mass is 31.3. The topological polar surface area (TPSA) is 242 Å². The molecular formula is C10H19N3O12P2. The van der Waals surface area contributed by atoms with Crippen LogP contribution in [0.5, 0.6) is 0 Å². The van der Waals surface area contributed by atoms with Gasteiger partial charge in [-0.2, -0.15) is 4.31 Å². The first-order valence-electron chi connectivity index (χ1n) is 6.86. The maximum absolute atomic E-state index is 11.7. The number of aromatic nitrogens is 2. The molecule has 0 saturated carbocycles. The zero-order valence-corrected chi connectivity index (χ0v) is 15.6. The van der Waals surface area contributed by atoms with Crippen molar-refractivity contribution < 1.29 is 47.2 Å². The lowest BCUT2D eigenvalue weighted by Gasteiger charge is -2.18. The second kappa shape index (κ2) is 8.86. The Morgan fingerprint density at radius 3 is 2.41 bits per heavy atom. The van der Waals surface area contributed by atoms with Crippen LogP contribution >= 0.6 is 15.6 Å². The van der Waals surface area contributed by atoms with E-state index in [0.717, 1.165) is 23.9 Å². The van der Waals surface area contributed by atoms with Gasteiger partial charge >= 0.3 is 21.3 Å². The lowest BCUT2D eigenvalue weighted by Crippen LogP contribution is -2.37. The van der Waals surface area contributed by atoms with E-state index < -0.39 is 58.0 Å². The van der Waals surface area contributed by atoms with Crippen molar-refractivity contribution in [2.24, 2.45) is 0 Å². The van der Waals surface area contributed by atoms with Gasteiger partial charge in [0.15, 0.2) is 6.23 Å². The van der Waals surface area contributed by atoms with Crippen molar-refractivity contribution in [3.05, 3.63) is 33.1 Å². The Kier molecular flexibility index (Phi) is 7.81. The highest BCUT2D eigenvalue weighted by Crippen LogP contribution is 2.60. The second-order valence-corrected chi connectivity index (χ2v) is 8.21. The lowest BCUT2D eigenvalue weighted by atomic mass is 10.1. The summed E-state index contributed by atoms with van der Waals surface area (Å²) in [4.78, 5) is 43.1. The number of hydrogen-bond acceptors (Lipinski definition) is 11. The number of aliphatic hydroxyl groups excluding tert-OH is 2. The summed E-state index contributed by atoms with van der Waals surface area (Å²) < 4.78 is 41.0. The molecule has 17 heteroatoms. The van der Waals surface area contributed by atoms with E-state index in [1.807, 2.05) is 4.98 Å². The van der Waals surface area contributed by atoms with Gasteiger partial charge in [-0.25, -0.2) is 13.9 Å². The number of nitrogens with one attached hydrogen (secondary N) is 1.